The molecule has 0 spiro atoms. The number of H-pyrrole nitrogens is 1. The van der Waals surface area contributed by atoms with Crippen molar-refractivity contribution >= 4 is 11.6 Å². The molecule has 27 heavy (non-hydrogen) atoms. The summed E-state index contributed by atoms with van der Waals surface area (Å²) in [7, 11) is 0. The van der Waals surface area contributed by atoms with Crippen LogP contribution in [0.4, 0.5) is 33.6 Å². The molecule has 2 aromatic heterocycles. The number of rotatable bonds is 4. The monoisotopic (exact) mass is 385 g/mol. The van der Waals surface area contributed by atoms with E-state index in [0.717, 1.165) is 5.69 Å². The van der Waals surface area contributed by atoms with Crippen molar-refractivity contribution in [1.29, 1.82) is 0 Å². The van der Waals surface area contributed by atoms with Crippen LogP contribution in [-0.4, -0.2) is 25.3 Å². The number of aliphatic hydroxyl groups excluding tert-OH is 1. The van der Waals surface area contributed by atoms with Crippen LogP contribution >= 0.6 is 0 Å². The number of aliphatic hydroxyl groups is 1. The summed E-state index contributed by atoms with van der Waals surface area (Å²) in [5.74, 6) is -11.0. The molecule has 0 aliphatic rings. The van der Waals surface area contributed by atoms with Gasteiger partial charge in [-0.05, 0) is 13.8 Å². The van der Waals surface area contributed by atoms with Crippen LogP contribution in [0.25, 0.3) is 0 Å². The third kappa shape index (κ3) is 3.45. The van der Waals surface area contributed by atoms with Crippen LogP contribution in [0.3, 0.4) is 0 Å². The Balaban J connectivity index is 2.04. The molecule has 0 bridgehead atoms. The van der Waals surface area contributed by atoms with E-state index in [-0.39, 0.29) is 11.5 Å². The number of halogens is 5. The first-order chi connectivity index (χ1) is 12.7. The predicted octanol–water partition coefficient (Wildman–Crippen LogP) is 3.34. The SMILES string of the molecule is Cc1cc(Nc2cc(C)[nH]n2)nc(C(O)c2c(F)c(F)c(F)c(F)c2F)n1. The smallest absolute Gasteiger partial charge is 0.200 e. The zero-order valence-corrected chi connectivity index (χ0v) is 13.9. The van der Waals surface area contributed by atoms with E-state index in [2.05, 4.69) is 25.5 Å². The lowest BCUT2D eigenvalue weighted by Crippen LogP contribution is -2.15. The Kier molecular flexibility index (Phi) is 4.79. The first-order valence-corrected chi connectivity index (χ1v) is 7.53. The minimum Gasteiger partial charge on any atom is -0.380 e. The third-order valence-corrected chi connectivity index (χ3v) is 3.60. The summed E-state index contributed by atoms with van der Waals surface area (Å²) in [6, 6.07) is 3.08. The molecule has 0 saturated carbocycles. The summed E-state index contributed by atoms with van der Waals surface area (Å²) in [6.07, 6.45) is -2.28. The van der Waals surface area contributed by atoms with Gasteiger partial charge in [0.1, 0.15) is 11.9 Å². The molecular formula is C16H12F5N5O. The van der Waals surface area contributed by atoms with Crippen molar-refractivity contribution < 1.29 is 27.1 Å². The average molecular weight is 385 g/mol. The first kappa shape index (κ1) is 18.7. The van der Waals surface area contributed by atoms with Crippen LogP contribution in [-0.2, 0) is 0 Å². The van der Waals surface area contributed by atoms with Crippen LogP contribution < -0.4 is 5.32 Å². The first-order valence-electron chi connectivity index (χ1n) is 7.53. The summed E-state index contributed by atoms with van der Waals surface area (Å²) in [5.41, 5.74) is -0.416. The Morgan fingerprint density at radius 3 is 2.04 bits per heavy atom. The molecule has 6 nitrogen and oxygen atoms in total. The lowest BCUT2D eigenvalue weighted by atomic mass is 10.1. The van der Waals surface area contributed by atoms with Crippen molar-refractivity contribution in [3.05, 3.63) is 64.0 Å². The lowest BCUT2D eigenvalue weighted by Gasteiger charge is -2.15. The number of nitrogens with one attached hydrogen (secondary N) is 2. The topological polar surface area (TPSA) is 86.7 Å². The maximum Gasteiger partial charge on any atom is 0.200 e. The number of hydrogen-bond acceptors (Lipinski definition) is 5. The van der Waals surface area contributed by atoms with E-state index in [1.54, 1.807) is 13.0 Å². The minimum absolute atomic E-state index is 0.104. The van der Waals surface area contributed by atoms with E-state index in [9.17, 15) is 27.1 Å². The molecule has 0 radical (unpaired) electrons. The molecule has 142 valence electrons. The normalized spacial score (nSPS) is 12.3. The van der Waals surface area contributed by atoms with Gasteiger partial charge in [-0.3, -0.25) is 5.10 Å². The number of aromatic nitrogens is 4. The fraction of sp³-hybridized carbons (Fsp3) is 0.188. The van der Waals surface area contributed by atoms with Crippen LogP contribution in [0.15, 0.2) is 12.1 Å². The summed E-state index contributed by atoms with van der Waals surface area (Å²) in [4.78, 5) is 7.70. The van der Waals surface area contributed by atoms with Gasteiger partial charge in [0, 0.05) is 23.5 Å². The molecule has 11 heteroatoms. The molecular weight excluding hydrogens is 373 g/mol. The molecule has 0 aliphatic heterocycles. The average Bonchev–Trinajstić information content (AvgIpc) is 3.02. The second-order valence-corrected chi connectivity index (χ2v) is 5.70. The number of anilines is 2. The Morgan fingerprint density at radius 2 is 1.48 bits per heavy atom. The quantitative estimate of drug-likeness (QED) is 0.364. The molecule has 2 heterocycles. The number of nitrogens with zero attached hydrogens (tertiary/aromatic N) is 3. The zero-order valence-electron chi connectivity index (χ0n) is 13.9. The van der Waals surface area contributed by atoms with Gasteiger partial charge < -0.3 is 10.4 Å². The zero-order chi connectivity index (χ0) is 19.9. The van der Waals surface area contributed by atoms with Crippen molar-refractivity contribution in [3.63, 3.8) is 0 Å². The van der Waals surface area contributed by atoms with Gasteiger partial charge in [-0.15, -0.1) is 0 Å². The van der Waals surface area contributed by atoms with Crippen molar-refractivity contribution in [2.75, 3.05) is 5.32 Å². The van der Waals surface area contributed by atoms with E-state index in [4.69, 9.17) is 0 Å². The molecule has 0 saturated heterocycles. The maximum absolute atomic E-state index is 13.9. The number of aryl methyl sites for hydroxylation is 2. The highest BCUT2D eigenvalue weighted by Gasteiger charge is 2.31. The highest BCUT2D eigenvalue weighted by Crippen LogP contribution is 2.30. The molecule has 1 atom stereocenters. The Hall–Kier alpha value is -3.08. The van der Waals surface area contributed by atoms with E-state index in [0.29, 0.717) is 5.82 Å². The Bertz CT molecular complexity index is 994. The summed E-state index contributed by atoms with van der Waals surface area (Å²) < 4.78 is 67.8. The molecule has 3 rings (SSSR count). The fourth-order valence-corrected chi connectivity index (χ4v) is 2.38. The third-order valence-electron chi connectivity index (χ3n) is 3.60. The number of aromatic amines is 1. The van der Waals surface area contributed by atoms with Gasteiger partial charge in [0.25, 0.3) is 0 Å². The Labute approximate surface area is 149 Å². The molecule has 0 fully saturated rings. The van der Waals surface area contributed by atoms with Crippen LogP contribution in [0.5, 0.6) is 0 Å². The van der Waals surface area contributed by atoms with Gasteiger partial charge in [-0.1, -0.05) is 0 Å². The van der Waals surface area contributed by atoms with Crippen LogP contribution in [0.2, 0.25) is 0 Å². The van der Waals surface area contributed by atoms with Gasteiger partial charge in [0.15, 0.2) is 34.9 Å². The van der Waals surface area contributed by atoms with Gasteiger partial charge in [0.05, 0.1) is 5.56 Å². The van der Waals surface area contributed by atoms with E-state index in [1.165, 1.54) is 13.0 Å². The fourth-order valence-electron chi connectivity index (χ4n) is 2.38. The van der Waals surface area contributed by atoms with Crippen LogP contribution in [0, 0.1) is 42.9 Å². The second-order valence-electron chi connectivity index (χ2n) is 5.70. The van der Waals surface area contributed by atoms with E-state index >= 15 is 0 Å². The molecule has 1 aromatic carbocycles. The molecule has 0 aliphatic carbocycles. The standard InChI is InChI=1S/C16H12F5N5O/c1-5-3-7(23-8-4-6(2)25-26-8)24-16(22-5)15(27)9-10(17)12(19)14(21)13(20)11(9)18/h3-4,15,27H,1-2H3,(H2,22,23,24,25,26). The van der Waals surface area contributed by atoms with E-state index < -0.39 is 46.6 Å². The summed E-state index contributed by atoms with van der Waals surface area (Å²) >= 11 is 0. The molecule has 1 unspecified atom stereocenters. The highest BCUT2D eigenvalue weighted by molar-refractivity contribution is 5.52. The summed E-state index contributed by atoms with van der Waals surface area (Å²) in [6.45, 7) is 3.25. The minimum atomic E-state index is -2.32. The van der Waals surface area contributed by atoms with Crippen molar-refractivity contribution in [2.24, 2.45) is 0 Å². The van der Waals surface area contributed by atoms with Crippen molar-refractivity contribution in [1.82, 2.24) is 20.2 Å². The van der Waals surface area contributed by atoms with Crippen molar-refractivity contribution in [2.45, 2.75) is 20.0 Å². The van der Waals surface area contributed by atoms with Gasteiger partial charge >= 0.3 is 0 Å². The van der Waals surface area contributed by atoms with Crippen molar-refractivity contribution in [3.8, 4) is 0 Å². The van der Waals surface area contributed by atoms with Gasteiger partial charge in [-0.25, -0.2) is 31.9 Å². The largest absolute Gasteiger partial charge is 0.380 e. The Morgan fingerprint density at radius 1 is 0.889 bits per heavy atom. The summed E-state index contributed by atoms with van der Waals surface area (Å²) in [5, 5.41) is 19.6. The lowest BCUT2D eigenvalue weighted by molar-refractivity contribution is 0.193. The number of benzene rings is 1. The molecule has 0 amide bonds. The second kappa shape index (κ2) is 6.91. The molecule has 3 N–H and O–H groups in total. The predicted molar refractivity (Wildman–Crippen MR) is 83.7 cm³/mol. The highest BCUT2D eigenvalue weighted by atomic mass is 19.2. The van der Waals surface area contributed by atoms with Gasteiger partial charge in [0.2, 0.25) is 5.82 Å². The molecule has 3 aromatic rings. The van der Waals surface area contributed by atoms with Gasteiger partial charge in [-0.2, -0.15) is 5.10 Å². The van der Waals surface area contributed by atoms with Crippen LogP contribution in [0.1, 0.15) is 28.9 Å². The van der Waals surface area contributed by atoms with E-state index in [1.807, 2.05) is 0 Å². The number of hydrogen-bond donors (Lipinski definition) is 3. The maximum atomic E-state index is 13.9.